The molecule has 0 aliphatic carbocycles. The number of carbonyl (C=O) groups excluding carboxylic acids is 1. The van der Waals surface area contributed by atoms with Crippen LogP contribution in [-0.4, -0.2) is 24.8 Å². The number of esters is 1. The van der Waals surface area contributed by atoms with Gasteiger partial charge in [0.05, 0.1) is 13.2 Å². The topological polar surface area (TPSA) is 85.6 Å². The van der Waals surface area contributed by atoms with Crippen molar-refractivity contribution in [3.8, 4) is 6.26 Å². The van der Waals surface area contributed by atoms with Gasteiger partial charge in [-0.15, -0.1) is 5.26 Å². The van der Waals surface area contributed by atoms with Crippen LogP contribution in [0, 0.1) is 11.5 Å². The molecule has 0 aromatic heterocycles. The van der Waals surface area contributed by atoms with Crippen LogP contribution in [-0.2, 0) is 23.1 Å². The van der Waals surface area contributed by atoms with E-state index in [1.807, 2.05) is 0 Å². The highest BCUT2D eigenvalue weighted by atomic mass is 31.2. The van der Waals surface area contributed by atoms with Crippen molar-refractivity contribution >= 4 is 13.6 Å². The minimum atomic E-state index is -3.52. The van der Waals surface area contributed by atoms with Gasteiger partial charge in [0.25, 0.3) is 6.26 Å². The molecule has 1 unspecified atom stereocenters. The van der Waals surface area contributed by atoms with E-state index >= 15 is 0 Å². The van der Waals surface area contributed by atoms with Gasteiger partial charge >= 0.3 is 13.6 Å². The Morgan fingerprint density at radius 3 is 2.20 bits per heavy atom. The maximum absolute atomic E-state index is 12.0. The second-order valence-corrected chi connectivity index (χ2v) is 4.93. The van der Waals surface area contributed by atoms with Crippen molar-refractivity contribution in [1.82, 2.24) is 0 Å². The van der Waals surface area contributed by atoms with Gasteiger partial charge in [0, 0.05) is 0 Å². The third kappa shape index (κ3) is 4.00. The molecule has 0 fully saturated rings. The second-order valence-electron chi connectivity index (χ2n) is 2.56. The molecule has 0 aliphatic heterocycles. The zero-order valence-corrected chi connectivity index (χ0v) is 9.82. The van der Waals surface area contributed by atoms with Gasteiger partial charge < -0.3 is 13.8 Å². The first-order chi connectivity index (χ1) is 7.01. The molecule has 0 N–H and O–H groups in total. The molecule has 1 atom stereocenters. The number of hydrogen-bond acceptors (Lipinski definition) is 6. The highest BCUT2D eigenvalue weighted by Gasteiger charge is 2.38. The van der Waals surface area contributed by atoms with Gasteiger partial charge in [0.2, 0.25) is 0 Å². The number of carbonyl (C=O) groups is 1. The molecule has 0 radical (unpaired) electrons. The Balaban J connectivity index is 4.70. The van der Waals surface area contributed by atoms with Crippen molar-refractivity contribution in [1.29, 1.82) is 5.26 Å². The van der Waals surface area contributed by atoms with Crippen molar-refractivity contribution in [3.63, 3.8) is 0 Å². The van der Waals surface area contributed by atoms with E-state index in [9.17, 15) is 9.36 Å². The fourth-order valence-corrected chi connectivity index (χ4v) is 2.43. The number of nitrogens with zero attached hydrogens (tertiary/aromatic N) is 1. The third-order valence-corrected chi connectivity index (χ3v) is 3.98. The largest absolute Gasteiger partial charge is 0.350 e. The van der Waals surface area contributed by atoms with E-state index in [1.54, 1.807) is 13.8 Å². The molecule has 0 rings (SSSR count). The summed E-state index contributed by atoms with van der Waals surface area (Å²) in [5, 5.41) is 8.15. The van der Waals surface area contributed by atoms with Crippen LogP contribution in [0.3, 0.4) is 0 Å². The number of rotatable bonds is 6. The molecule has 0 amide bonds. The molecule has 0 bridgehead atoms. The van der Waals surface area contributed by atoms with Crippen molar-refractivity contribution in [2.75, 3.05) is 13.2 Å². The van der Waals surface area contributed by atoms with Crippen molar-refractivity contribution in [2.45, 2.75) is 26.4 Å². The van der Waals surface area contributed by atoms with Crippen LogP contribution in [0.5, 0.6) is 0 Å². The molecular weight excluding hydrogens is 221 g/mol. The lowest BCUT2D eigenvalue weighted by Crippen LogP contribution is -2.21. The summed E-state index contributed by atoms with van der Waals surface area (Å²) < 4.78 is 25.9. The molecule has 0 saturated heterocycles. The van der Waals surface area contributed by atoms with E-state index in [0.717, 1.165) is 0 Å². The number of hydrogen-bond donors (Lipinski definition) is 0. The highest BCUT2D eigenvalue weighted by Crippen LogP contribution is 2.53. The van der Waals surface area contributed by atoms with Crippen molar-refractivity contribution in [3.05, 3.63) is 0 Å². The summed E-state index contributed by atoms with van der Waals surface area (Å²) in [4.78, 5) is 11.2. The monoisotopic (exact) mass is 235 g/mol. The molecule has 0 spiro atoms. The predicted octanol–water partition coefficient (Wildman–Crippen LogP) is 1.67. The Kier molecular flexibility index (Phi) is 6.18. The normalized spacial score (nSPS) is 12.9. The molecule has 7 heteroatoms. The standard InChI is InChI=1S/C8H14NO5P/c1-4-13-15(11,14-5-2)7(3)8(10)12-6-9/h7H,4-5H2,1-3H3. The Hall–Kier alpha value is -0.890. The van der Waals surface area contributed by atoms with E-state index in [-0.39, 0.29) is 13.2 Å². The summed E-state index contributed by atoms with van der Waals surface area (Å²) in [7, 11) is -3.52. The van der Waals surface area contributed by atoms with E-state index in [1.165, 1.54) is 13.2 Å². The number of nitriles is 1. The lowest BCUT2D eigenvalue weighted by Gasteiger charge is -2.20. The van der Waals surface area contributed by atoms with E-state index in [2.05, 4.69) is 4.74 Å². The van der Waals surface area contributed by atoms with Crippen LogP contribution in [0.4, 0.5) is 0 Å². The molecular formula is C8H14NO5P. The zero-order chi connectivity index (χ0) is 11.9. The van der Waals surface area contributed by atoms with Gasteiger partial charge in [-0.2, -0.15) is 0 Å². The molecule has 0 saturated carbocycles. The zero-order valence-electron chi connectivity index (χ0n) is 8.93. The van der Waals surface area contributed by atoms with E-state index < -0.39 is 19.2 Å². The minimum Gasteiger partial charge on any atom is -0.350 e. The summed E-state index contributed by atoms with van der Waals surface area (Å²) in [6.07, 6.45) is 1.22. The Labute approximate surface area is 88.7 Å². The van der Waals surface area contributed by atoms with Gasteiger partial charge in [-0.25, -0.2) is 4.79 Å². The molecule has 0 aromatic carbocycles. The van der Waals surface area contributed by atoms with E-state index in [4.69, 9.17) is 14.3 Å². The van der Waals surface area contributed by atoms with Gasteiger partial charge in [0.15, 0.2) is 5.66 Å². The predicted molar refractivity (Wildman–Crippen MR) is 52.0 cm³/mol. The summed E-state index contributed by atoms with van der Waals surface area (Å²) in [5.74, 6) is -0.914. The maximum Gasteiger partial charge on any atom is 0.344 e. The average Bonchev–Trinajstić information content (AvgIpc) is 2.17. The second kappa shape index (κ2) is 6.57. The van der Waals surface area contributed by atoms with Crippen LogP contribution in [0.25, 0.3) is 0 Å². The molecule has 15 heavy (non-hydrogen) atoms. The first-order valence-corrected chi connectivity index (χ1v) is 6.11. The Morgan fingerprint density at radius 2 is 1.87 bits per heavy atom. The summed E-state index contributed by atoms with van der Waals surface area (Å²) >= 11 is 0. The van der Waals surface area contributed by atoms with Crippen LogP contribution in [0.1, 0.15) is 20.8 Å². The van der Waals surface area contributed by atoms with Crippen LogP contribution in [0.2, 0.25) is 0 Å². The summed E-state index contributed by atoms with van der Waals surface area (Å²) in [6, 6.07) is 0. The average molecular weight is 235 g/mol. The molecule has 0 aliphatic rings. The summed E-state index contributed by atoms with van der Waals surface area (Å²) in [6.45, 7) is 4.91. The fourth-order valence-electron chi connectivity index (χ4n) is 0.880. The first-order valence-electron chi connectivity index (χ1n) is 4.50. The van der Waals surface area contributed by atoms with Gasteiger partial charge in [0.1, 0.15) is 0 Å². The lowest BCUT2D eigenvalue weighted by atomic mass is 10.5. The minimum absolute atomic E-state index is 0.154. The van der Waals surface area contributed by atoms with Crippen LogP contribution >= 0.6 is 7.60 Å². The van der Waals surface area contributed by atoms with Crippen LogP contribution in [0.15, 0.2) is 0 Å². The fraction of sp³-hybridized carbons (Fsp3) is 0.750. The third-order valence-electron chi connectivity index (χ3n) is 1.58. The van der Waals surface area contributed by atoms with Gasteiger partial charge in [-0.1, -0.05) is 0 Å². The molecule has 0 aromatic rings. The Morgan fingerprint density at radius 1 is 1.40 bits per heavy atom. The van der Waals surface area contributed by atoms with Crippen molar-refractivity contribution in [2.24, 2.45) is 0 Å². The smallest absolute Gasteiger partial charge is 0.344 e. The molecule has 86 valence electrons. The SMILES string of the molecule is CCOP(=O)(OCC)C(C)C(=O)OC#N. The molecule has 6 nitrogen and oxygen atoms in total. The number of ether oxygens (including phenoxy) is 1. The lowest BCUT2D eigenvalue weighted by molar-refractivity contribution is -0.136. The first kappa shape index (κ1) is 14.1. The van der Waals surface area contributed by atoms with Crippen LogP contribution < -0.4 is 0 Å². The van der Waals surface area contributed by atoms with Gasteiger partial charge in [-0.05, 0) is 20.8 Å². The quantitative estimate of drug-likeness (QED) is 0.395. The maximum atomic E-state index is 12.0. The van der Waals surface area contributed by atoms with E-state index in [0.29, 0.717) is 0 Å². The van der Waals surface area contributed by atoms with Gasteiger partial charge in [-0.3, -0.25) is 4.57 Å². The Bertz CT molecular complexity index is 288. The summed E-state index contributed by atoms with van der Waals surface area (Å²) in [5.41, 5.74) is -1.10. The molecule has 0 heterocycles. The highest BCUT2D eigenvalue weighted by molar-refractivity contribution is 7.55. The van der Waals surface area contributed by atoms with Crippen molar-refractivity contribution < 1.29 is 23.1 Å².